The number of benzene rings is 3. The van der Waals surface area contributed by atoms with E-state index < -0.39 is 6.10 Å². The summed E-state index contributed by atoms with van der Waals surface area (Å²) < 4.78 is 11.6. The maximum absolute atomic E-state index is 14.5. The number of anilines is 1. The third kappa shape index (κ3) is 7.62. The smallest absolute Gasteiger partial charge is 0.303 e. The number of esters is 1. The number of nitrogens with one attached hydrogen (secondary N) is 2. The van der Waals surface area contributed by atoms with Gasteiger partial charge < -0.3 is 29.9 Å². The highest BCUT2D eigenvalue weighted by atomic mass is 35.5. The van der Waals surface area contributed by atoms with Crippen LogP contribution in [0.1, 0.15) is 62.3 Å². The van der Waals surface area contributed by atoms with E-state index in [1.54, 1.807) is 25.1 Å². The standard InChI is InChI=1S/C38H40Cl4N4O4/c1-21(49-22(2)47)25-14-32(40)37(33(41)15-25)50-29-12-13-45(20-29)27-8-6-23(7-9-27)30-16-26-17-43-18-34(44-26)35(30)38(48)46(28-10-11-28)19-24-4-3-5-31(39)36(24)42/h3-9,14-15,21,26,28-29,34,43-44H,10-13,16-20H2,1-2H3/t21-,26-,29-,34-/m0/s1. The number of hydrogen-bond acceptors (Lipinski definition) is 7. The van der Waals surface area contributed by atoms with Crippen LogP contribution in [0.15, 0.2) is 60.2 Å². The molecule has 1 amide bonds. The quantitative estimate of drug-likeness (QED) is 0.204. The number of nitrogens with zero attached hydrogens (tertiary/aromatic N) is 2. The molecule has 4 aliphatic rings. The molecule has 2 N–H and O–H groups in total. The average molecular weight is 759 g/mol. The van der Waals surface area contributed by atoms with Crippen LogP contribution in [-0.2, 0) is 20.9 Å². The van der Waals surface area contributed by atoms with Gasteiger partial charge in [0.25, 0.3) is 5.91 Å². The molecule has 7 rings (SSSR count). The molecule has 3 heterocycles. The molecule has 1 saturated carbocycles. The predicted octanol–water partition coefficient (Wildman–Crippen LogP) is 7.86. The molecule has 4 atom stereocenters. The van der Waals surface area contributed by atoms with Crippen molar-refractivity contribution in [2.24, 2.45) is 0 Å². The molecular weight excluding hydrogens is 718 g/mol. The van der Waals surface area contributed by atoms with Crippen LogP contribution in [0, 0.1) is 0 Å². The van der Waals surface area contributed by atoms with Crippen LogP contribution in [0.5, 0.6) is 5.75 Å². The van der Waals surface area contributed by atoms with Crippen molar-refractivity contribution in [1.82, 2.24) is 15.5 Å². The van der Waals surface area contributed by atoms with Gasteiger partial charge in [-0.15, -0.1) is 0 Å². The van der Waals surface area contributed by atoms with Gasteiger partial charge in [0.1, 0.15) is 12.2 Å². The molecule has 3 aliphatic heterocycles. The first kappa shape index (κ1) is 35.4. The molecule has 0 radical (unpaired) electrons. The summed E-state index contributed by atoms with van der Waals surface area (Å²) in [4.78, 5) is 30.2. The fourth-order valence-electron chi connectivity index (χ4n) is 7.34. The number of piperazine rings is 1. The zero-order valence-electron chi connectivity index (χ0n) is 28.0. The largest absolute Gasteiger partial charge is 0.485 e. The van der Waals surface area contributed by atoms with Gasteiger partial charge in [0.2, 0.25) is 0 Å². The molecule has 264 valence electrons. The first-order valence-corrected chi connectivity index (χ1v) is 18.7. The number of halogens is 4. The van der Waals surface area contributed by atoms with Gasteiger partial charge >= 0.3 is 5.97 Å². The summed E-state index contributed by atoms with van der Waals surface area (Å²) >= 11 is 26.1. The van der Waals surface area contributed by atoms with Crippen molar-refractivity contribution >= 4 is 69.5 Å². The van der Waals surface area contributed by atoms with Gasteiger partial charge in [0.05, 0.1) is 32.7 Å². The minimum absolute atomic E-state index is 0.0630. The van der Waals surface area contributed by atoms with E-state index in [4.69, 9.17) is 55.9 Å². The van der Waals surface area contributed by atoms with Crippen molar-refractivity contribution in [2.75, 3.05) is 31.1 Å². The van der Waals surface area contributed by atoms with Crippen LogP contribution in [0.25, 0.3) is 5.57 Å². The molecular formula is C38H40Cl4N4O4. The Bertz CT molecular complexity index is 1790. The van der Waals surface area contributed by atoms with E-state index in [0.29, 0.717) is 51.0 Å². The van der Waals surface area contributed by atoms with Crippen LogP contribution in [0.3, 0.4) is 0 Å². The Morgan fingerprint density at radius 2 is 1.72 bits per heavy atom. The third-order valence-electron chi connectivity index (χ3n) is 9.99. The number of ether oxygens (including phenoxy) is 2. The monoisotopic (exact) mass is 756 g/mol. The summed E-state index contributed by atoms with van der Waals surface area (Å²) in [6.45, 7) is 6.62. The molecule has 50 heavy (non-hydrogen) atoms. The van der Waals surface area contributed by atoms with Crippen LogP contribution < -0.4 is 20.3 Å². The van der Waals surface area contributed by atoms with Gasteiger partial charge in [-0.25, -0.2) is 0 Å². The highest BCUT2D eigenvalue weighted by molar-refractivity contribution is 6.42. The van der Waals surface area contributed by atoms with Gasteiger partial charge in [-0.05, 0) is 78.8 Å². The Morgan fingerprint density at radius 3 is 2.42 bits per heavy atom. The van der Waals surface area contributed by atoms with Crippen LogP contribution in [-0.4, -0.2) is 67.2 Å². The molecule has 3 fully saturated rings. The molecule has 2 bridgehead atoms. The summed E-state index contributed by atoms with van der Waals surface area (Å²) in [6, 6.07) is 18.0. The Morgan fingerprint density at radius 1 is 0.980 bits per heavy atom. The molecule has 0 spiro atoms. The second-order valence-electron chi connectivity index (χ2n) is 13.6. The SMILES string of the molecule is CC(=O)O[C@@H](C)c1cc(Cl)c(O[C@H]2CCN(c3ccc(C4=C(C(=O)N(Cc5cccc(Cl)c5Cl)C5CC5)[C@@H]5CNC[C@H](C4)N5)cc3)C2)c(Cl)c1. The van der Waals surface area contributed by atoms with Crippen LogP contribution in [0.4, 0.5) is 5.69 Å². The lowest BCUT2D eigenvalue weighted by Crippen LogP contribution is -2.60. The highest BCUT2D eigenvalue weighted by Crippen LogP contribution is 2.40. The van der Waals surface area contributed by atoms with Gasteiger partial charge in [0, 0.05) is 62.9 Å². The van der Waals surface area contributed by atoms with E-state index in [1.807, 2.05) is 17.0 Å². The fraction of sp³-hybridized carbons (Fsp3) is 0.421. The number of carbonyl (C=O) groups excluding carboxylic acids is 2. The lowest BCUT2D eigenvalue weighted by Gasteiger charge is -2.41. The molecule has 0 aromatic heterocycles. The minimum atomic E-state index is -0.474. The van der Waals surface area contributed by atoms with E-state index in [-0.39, 0.29) is 36.1 Å². The minimum Gasteiger partial charge on any atom is -0.485 e. The van der Waals surface area contributed by atoms with E-state index in [2.05, 4.69) is 39.8 Å². The Hall–Kier alpha value is -2.98. The summed E-state index contributed by atoms with van der Waals surface area (Å²) in [5, 5.41) is 8.99. The maximum Gasteiger partial charge on any atom is 0.303 e. The van der Waals surface area contributed by atoms with Gasteiger partial charge in [-0.3, -0.25) is 9.59 Å². The lowest BCUT2D eigenvalue weighted by atomic mass is 9.83. The van der Waals surface area contributed by atoms with Crippen molar-refractivity contribution in [3.63, 3.8) is 0 Å². The Labute approximate surface area is 313 Å². The number of amides is 1. The lowest BCUT2D eigenvalue weighted by molar-refractivity contribution is -0.145. The number of hydrogen-bond donors (Lipinski definition) is 2. The Kier molecular flexibility index (Phi) is 10.6. The first-order chi connectivity index (χ1) is 24.0. The van der Waals surface area contributed by atoms with Crippen molar-refractivity contribution < 1.29 is 19.1 Å². The van der Waals surface area contributed by atoms with Crippen LogP contribution in [0.2, 0.25) is 20.1 Å². The molecule has 2 saturated heterocycles. The second kappa shape index (κ2) is 14.9. The van der Waals surface area contributed by atoms with Crippen LogP contribution >= 0.6 is 46.4 Å². The molecule has 3 aromatic carbocycles. The van der Waals surface area contributed by atoms with Crippen molar-refractivity contribution in [3.8, 4) is 5.75 Å². The van der Waals surface area contributed by atoms with E-state index >= 15 is 0 Å². The van der Waals surface area contributed by atoms with Gasteiger partial charge in [-0.2, -0.15) is 0 Å². The number of rotatable bonds is 10. The number of fused-ring (bicyclic) bond motifs is 2. The van der Waals surface area contributed by atoms with E-state index in [1.165, 1.54) is 6.92 Å². The van der Waals surface area contributed by atoms with Crippen molar-refractivity contribution in [3.05, 3.63) is 97.0 Å². The summed E-state index contributed by atoms with van der Waals surface area (Å²) in [7, 11) is 0. The maximum atomic E-state index is 14.5. The molecule has 0 unspecified atom stereocenters. The van der Waals surface area contributed by atoms with Gasteiger partial charge in [-0.1, -0.05) is 70.7 Å². The van der Waals surface area contributed by atoms with E-state index in [9.17, 15) is 9.59 Å². The zero-order valence-corrected chi connectivity index (χ0v) is 31.0. The average Bonchev–Trinajstić information content (AvgIpc) is 3.82. The van der Waals surface area contributed by atoms with Crippen molar-refractivity contribution in [2.45, 2.75) is 76.4 Å². The third-order valence-corrected chi connectivity index (χ3v) is 11.4. The Balaban J connectivity index is 1.09. The predicted molar refractivity (Wildman–Crippen MR) is 199 cm³/mol. The summed E-state index contributed by atoms with van der Waals surface area (Å²) in [5.41, 5.74) is 5.66. The molecule has 3 aromatic rings. The normalized spacial score (nSPS) is 22.4. The first-order valence-electron chi connectivity index (χ1n) is 17.2. The van der Waals surface area contributed by atoms with E-state index in [0.717, 1.165) is 66.7 Å². The molecule has 1 aliphatic carbocycles. The molecule has 12 heteroatoms. The highest BCUT2D eigenvalue weighted by Gasteiger charge is 2.41. The zero-order chi connectivity index (χ0) is 35.1. The molecule has 8 nitrogen and oxygen atoms in total. The van der Waals surface area contributed by atoms with Crippen molar-refractivity contribution in [1.29, 1.82) is 0 Å². The summed E-state index contributed by atoms with van der Waals surface area (Å²) in [5.74, 6) is 0.122. The second-order valence-corrected chi connectivity index (χ2v) is 15.2. The topological polar surface area (TPSA) is 83.1 Å². The fourth-order valence-corrected chi connectivity index (χ4v) is 8.32. The van der Waals surface area contributed by atoms with Gasteiger partial charge in [0.15, 0.2) is 5.75 Å². The summed E-state index contributed by atoms with van der Waals surface area (Å²) in [6.07, 6.45) is 2.96. The number of carbonyl (C=O) groups is 2.